The molecule has 1 aromatic heterocycles. The molecule has 0 radical (unpaired) electrons. The van der Waals surface area contributed by atoms with Crippen LogP contribution >= 0.6 is 11.3 Å². The summed E-state index contributed by atoms with van der Waals surface area (Å²) in [6.07, 6.45) is 0. The SMILES string of the molecule is CC(C)(N)C(C)(C)C(=O)c1ccsc1. The molecular formula is C11H17NOS. The second-order valence-electron chi connectivity index (χ2n) is 4.69. The summed E-state index contributed by atoms with van der Waals surface area (Å²) in [5.41, 5.74) is 5.72. The lowest BCUT2D eigenvalue weighted by atomic mass is 9.71. The predicted octanol–water partition coefficient (Wildman–Crippen LogP) is 2.69. The van der Waals surface area contributed by atoms with Crippen molar-refractivity contribution in [2.45, 2.75) is 33.2 Å². The summed E-state index contributed by atoms with van der Waals surface area (Å²) in [5.74, 6) is 0.117. The van der Waals surface area contributed by atoms with E-state index in [0.717, 1.165) is 5.56 Å². The minimum absolute atomic E-state index is 0.117. The molecule has 78 valence electrons. The molecule has 0 aliphatic heterocycles. The second-order valence-corrected chi connectivity index (χ2v) is 5.47. The molecule has 0 saturated carbocycles. The molecule has 1 rings (SSSR count). The van der Waals surface area contributed by atoms with Crippen molar-refractivity contribution in [2.24, 2.45) is 11.1 Å². The van der Waals surface area contributed by atoms with E-state index in [1.807, 2.05) is 44.5 Å². The molecule has 2 nitrogen and oxygen atoms in total. The first-order valence-electron chi connectivity index (χ1n) is 4.62. The van der Waals surface area contributed by atoms with Crippen LogP contribution in [-0.2, 0) is 0 Å². The Balaban J connectivity index is 3.01. The Hall–Kier alpha value is -0.670. The van der Waals surface area contributed by atoms with Gasteiger partial charge in [0.15, 0.2) is 5.78 Å². The smallest absolute Gasteiger partial charge is 0.171 e. The normalized spacial score (nSPS) is 12.9. The summed E-state index contributed by atoms with van der Waals surface area (Å²) in [4.78, 5) is 12.1. The Labute approximate surface area is 89.1 Å². The highest BCUT2D eigenvalue weighted by Gasteiger charge is 2.40. The van der Waals surface area contributed by atoms with Crippen LogP contribution in [0.1, 0.15) is 38.1 Å². The van der Waals surface area contributed by atoms with Gasteiger partial charge in [-0.15, -0.1) is 0 Å². The van der Waals surface area contributed by atoms with E-state index in [2.05, 4.69) is 0 Å². The monoisotopic (exact) mass is 211 g/mol. The van der Waals surface area contributed by atoms with Gasteiger partial charge < -0.3 is 5.73 Å². The van der Waals surface area contributed by atoms with Gasteiger partial charge in [0.05, 0.1) is 0 Å². The molecule has 0 atom stereocenters. The van der Waals surface area contributed by atoms with Gasteiger partial charge in [0, 0.05) is 21.9 Å². The number of rotatable bonds is 3. The van der Waals surface area contributed by atoms with Crippen molar-refractivity contribution >= 4 is 17.1 Å². The van der Waals surface area contributed by atoms with E-state index in [9.17, 15) is 4.79 Å². The third-order valence-electron chi connectivity index (χ3n) is 2.96. The van der Waals surface area contributed by atoms with Gasteiger partial charge in [0.1, 0.15) is 0 Å². The highest BCUT2D eigenvalue weighted by Crippen LogP contribution is 2.32. The summed E-state index contributed by atoms with van der Waals surface area (Å²) >= 11 is 1.53. The zero-order chi connectivity index (χ0) is 11.0. The molecular weight excluding hydrogens is 194 g/mol. The minimum Gasteiger partial charge on any atom is -0.325 e. The van der Waals surface area contributed by atoms with E-state index >= 15 is 0 Å². The molecule has 0 fully saturated rings. The van der Waals surface area contributed by atoms with Crippen LogP contribution in [0.15, 0.2) is 16.8 Å². The lowest BCUT2D eigenvalue weighted by molar-refractivity contribution is 0.0735. The van der Waals surface area contributed by atoms with E-state index in [1.54, 1.807) is 0 Å². The minimum atomic E-state index is -0.534. The Kier molecular flexibility index (Phi) is 2.83. The van der Waals surface area contributed by atoms with Crippen LogP contribution in [0.25, 0.3) is 0 Å². The van der Waals surface area contributed by atoms with Gasteiger partial charge in [-0.2, -0.15) is 11.3 Å². The van der Waals surface area contributed by atoms with Crippen molar-refractivity contribution in [3.05, 3.63) is 22.4 Å². The van der Waals surface area contributed by atoms with Gasteiger partial charge in [-0.3, -0.25) is 4.79 Å². The molecule has 0 amide bonds. The van der Waals surface area contributed by atoms with Crippen molar-refractivity contribution < 1.29 is 4.79 Å². The molecule has 0 aromatic carbocycles. The maximum Gasteiger partial charge on any atom is 0.171 e. The van der Waals surface area contributed by atoms with Crippen LogP contribution in [0.4, 0.5) is 0 Å². The van der Waals surface area contributed by atoms with Gasteiger partial charge in [-0.1, -0.05) is 13.8 Å². The zero-order valence-electron chi connectivity index (χ0n) is 9.13. The Bertz CT molecular complexity index is 320. The fourth-order valence-corrected chi connectivity index (χ4v) is 1.68. The number of hydrogen-bond donors (Lipinski definition) is 1. The molecule has 0 bridgehead atoms. The molecule has 0 spiro atoms. The standard InChI is InChI=1S/C11H17NOS/c1-10(2,11(3,4)12)9(13)8-5-6-14-7-8/h5-7H,12H2,1-4H3. The van der Waals surface area contributed by atoms with Gasteiger partial charge in [0.25, 0.3) is 0 Å². The number of carbonyl (C=O) groups excluding carboxylic acids is 1. The van der Waals surface area contributed by atoms with Crippen molar-refractivity contribution in [3.8, 4) is 0 Å². The fraction of sp³-hybridized carbons (Fsp3) is 0.545. The molecule has 2 N–H and O–H groups in total. The lowest BCUT2D eigenvalue weighted by Crippen LogP contribution is -2.51. The van der Waals surface area contributed by atoms with E-state index in [-0.39, 0.29) is 5.78 Å². The van der Waals surface area contributed by atoms with E-state index in [1.165, 1.54) is 11.3 Å². The number of hydrogen-bond acceptors (Lipinski definition) is 3. The molecule has 0 saturated heterocycles. The molecule has 1 aromatic rings. The first-order chi connectivity index (χ1) is 6.27. The van der Waals surface area contributed by atoms with E-state index in [0.29, 0.717) is 0 Å². The van der Waals surface area contributed by atoms with Gasteiger partial charge in [-0.05, 0) is 25.3 Å². The van der Waals surface area contributed by atoms with Crippen LogP contribution in [0.2, 0.25) is 0 Å². The van der Waals surface area contributed by atoms with E-state index < -0.39 is 11.0 Å². The van der Waals surface area contributed by atoms with Gasteiger partial charge >= 0.3 is 0 Å². The average molecular weight is 211 g/mol. The largest absolute Gasteiger partial charge is 0.325 e. The van der Waals surface area contributed by atoms with Gasteiger partial charge in [0.2, 0.25) is 0 Å². The summed E-state index contributed by atoms with van der Waals surface area (Å²) in [6, 6.07) is 1.85. The van der Waals surface area contributed by atoms with Crippen LogP contribution in [0, 0.1) is 5.41 Å². The average Bonchev–Trinajstić information content (AvgIpc) is 2.52. The Morgan fingerprint density at radius 2 is 1.93 bits per heavy atom. The summed E-state index contributed by atoms with van der Waals surface area (Å²) < 4.78 is 0. The van der Waals surface area contributed by atoms with Crippen LogP contribution in [0.3, 0.4) is 0 Å². The quantitative estimate of drug-likeness (QED) is 0.781. The third kappa shape index (κ3) is 1.88. The molecule has 0 aliphatic carbocycles. The Morgan fingerprint density at radius 1 is 1.36 bits per heavy atom. The molecule has 14 heavy (non-hydrogen) atoms. The number of ketones is 1. The topological polar surface area (TPSA) is 43.1 Å². The van der Waals surface area contributed by atoms with Crippen LogP contribution in [-0.4, -0.2) is 11.3 Å². The van der Waals surface area contributed by atoms with Crippen molar-refractivity contribution in [1.82, 2.24) is 0 Å². The summed E-state index contributed by atoms with van der Waals surface area (Å²) in [5, 5.41) is 3.78. The fourth-order valence-electron chi connectivity index (χ4n) is 1.05. The number of nitrogens with two attached hydrogens (primary N) is 1. The lowest BCUT2D eigenvalue weighted by Gasteiger charge is -2.36. The van der Waals surface area contributed by atoms with Crippen LogP contribution in [0.5, 0.6) is 0 Å². The van der Waals surface area contributed by atoms with Crippen molar-refractivity contribution in [2.75, 3.05) is 0 Å². The highest BCUT2D eigenvalue weighted by molar-refractivity contribution is 7.08. The number of carbonyl (C=O) groups is 1. The summed E-state index contributed by atoms with van der Waals surface area (Å²) in [7, 11) is 0. The van der Waals surface area contributed by atoms with Crippen LogP contribution < -0.4 is 5.73 Å². The van der Waals surface area contributed by atoms with Crippen molar-refractivity contribution in [3.63, 3.8) is 0 Å². The number of Topliss-reactive ketones (excluding diaryl/α,β-unsaturated/α-hetero) is 1. The second kappa shape index (κ2) is 3.48. The summed E-state index contributed by atoms with van der Waals surface area (Å²) in [6.45, 7) is 7.56. The van der Waals surface area contributed by atoms with E-state index in [4.69, 9.17) is 5.73 Å². The molecule has 0 unspecified atom stereocenters. The van der Waals surface area contributed by atoms with Crippen molar-refractivity contribution in [1.29, 1.82) is 0 Å². The molecule has 3 heteroatoms. The van der Waals surface area contributed by atoms with Gasteiger partial charge in [-0.25, -0.2) is 0 Å². The third-order valence-corrected chi connectivity index (χ3v) is 3.65. The maximum atomic E-state index is 12.1. The first-order valence-corrected chi connectivity index (χ1v) is 5.57. The number of thiophene rings is 1. The molecule has 1 heterocycles. The first kappa shape index (κ1) is 11.4. The zero-order valence-corrected chi connectivity index (χ0v) is 9.94. The maximum absolute atomic E-state index is 12.1. The Morgan fingerprint density at radius 3 is 2.29 bits per heavy atom. The predicted molar refractivity (Wildman–Crippen MR) is 60.7 cm³/mol. The molecule has 0 aliphatic rings. The highest BCUT2D eigenvalue weighted by atomic mass is 32.1.